The second-order valence-corrected chi connectivity index (χ2v) is 3.92. The highest BCUT2D eigenvalue weighted by atomic mass is 16.6. The fourth-order valence-electron chi connectivity index (χ4n) is 1.34. The number of primary amides is 1. The minimum Gasteiger partial charge on any atom is -0.449 e. The maximum absolute atomic E-state index is 11.2. The number of alkyl carbamates (subject to hydrolysis) is 1. The van der Waals surface area contributed by atoms with Crippen molar-refractivity contribution in [3.05, 3.63) is 0 Å². The molecule has 0 atom stereocenters. The first-order valence-corrected chi connectivity index (χ1v) is 5.82. The molecule has 0 aliphatic heterocycles. The molecule has 0 aromatic rings. The third kappa shape index (κ3) is 5.99. The van der Waals surface area contributed by atoms with Gasteiger partial charge in [-0.05, 0) is 19.8 Å². The molecule has 0 bridgehead atoms. The van der Waals surface area contributed by atoms with Crippen LogP contribution in [-0.4, -0.2) is 31.9 Å². The molecule has 0 saturated heterocycles. The first-order chi connectivity index (χ1) is 7.99. The van der Waals surface area contributed by atoms with Crippen LogP contribution in [0.2, 0.25) is 0 Å². The highest BCUT2D eigenvalue weighted by molar-refractivity contribution is 5.67. The number of hydrogen-bond donors (Lipinski definition) is 2. The van der Waals surface area contributed by atoms with Gasteiger partial charge in [-0.1, -0.05) is 13.8 Å². The van der Waals surface area contributed by atoms with E-state index in [1.807, 2.05) is 20.8 Å². The van der Waals surface area contributed by atoms with Crippen LogP contribution in [0.4, 0.5) is 9.59 Å². The van der Waals surface area contributed by atoms with E-state index in [0.29, 0.717) is 6.54 Å². The van der Waals surface area contributed by atoms with Gasteiger partial charge in [0.2, 0.25) is 0 Å². The van der Waals surface area contributed by atoms with E-state index in [1.165, 1.54) is 0 Å². The monoisotopic (exact) mass is 246 g/mol. The smallest absolute Gasteiger partial charge is 0.407 e. The van der Waals surface area contributed by atoms with Crippen molar-refractivity contribution in [2.75, 3.05) is 19.8 Å². The summed E-state index contributed by atoms with van der Waals surface area (Å²) in [5.74, 6) is 0. The Balaban J connectivity index is 4.29. The molecule has 0 spiro atoms. The van der Waals surface area contributed by atoms with E-state index in [4.69, 9.17) is 15.2 Å². The summed E-state index contributed by atoms with van der Waals surface area (Å²) in [6.07, 6.45) is 0.193. The van der Waals surface area contributed by atoms with Crippen LogP contribution in [0, 0.1) is 5.41 Å². The highest BCUT2D eigenvalue weighted by Gasteiger charge is 2.29. The molecule has 0 rings (SSSR count). The maximum atomic E-state index is 11.2. The maximum Gasteiger partial charge on any atom is 0.407 e. The van der Waals surface area contributed by atoms with E-state index in [-0.39, 0.29) is 18.6 Å². The highest BCUT2D eigenvalue weighted by Crippen LogP contribution is 2.27. The Morgan fingerprint density at radius 3 is 2.06 bits per heavy atom. The van der Waals surface area contributed by atoms with Gasteiger partial charge in [0.05, 0.1) is 0 Å². The number of rotatable bonds is 7. The summed E-state index contributed by atoms with van der Waals surface area (Å²) in [5.41, 5.74) is 4.57. The summed E-state index contributed by atoms with van der Waals surface area (Å²) in [5, 5.41) is 2.54. The third-order valence-electron chi connectivity index (χ3n) is 2.85. The lowest BCUT2D eigenvalue weighted by Crippen LogP contribution is -2.36. The van der Waals surface area contributed by atoms with Gasteiger partial charge in [-0.3, -0.25) is 0 Å². The number of ether oxygens (including phenoxy) is 2. The lowest BCUT2D eigenvalue weighted by atomic mass is 9.84. The molecule has 6 nitrogen and oxygen atoms in total. The second-order valence-electron chi connectivity index (χ2n) is 3.92. The molecule has 0 radical (unpaired) electrons. The van der Waals surface area contributed by atoms with Crippen LogP contribution in [0.25, 0.3) is 0 Å². The summed E-state index contributed by atoms with van der Waals surface area (Å²) >= 11 is 0. The van der Waals surface area contributed by atoms with Gasteiger partial charge < -0.3 is 20.5 Å². The van der Waals surface area contributed by atoms with E-state index in [2.05, 4.69) is 5.32 Å². The number of hydrogen-bond acceptors (Lipinski definition) is 4. The third-order valence-corrected chi connectivity index (χ3v) is 2.85. The Labute approximate surface area is 102 Å². The summed E-state index contributed by atoms with van der Waals surface area (Å²) in [6, 6.07) is 0. The van der Waals surface area contributed by atoms with Crippen LogP contribution in [0.1, 0.15) is 33.6 Å². The molecule has 0 unspecified atom stereocenters. The van der Waals surface area contributed by atoms with Crippen LogP contribution in [0.5, 0.6) is 0 Å². The van der Waals surface area contributed by atoms with E-state index in [0.717, 1.165) is 12.8 Å². The van der Waals surface area contributed by atoms with Gasteiger partial charge in [0.25, 0.3) is 0 Å². The van der Waals surface area contributed by atoms with Gasteiger partial charge in [0.15, 0.2) is 0 Å². The number of carbonyl (C=O) groups excluding carboxylic acids is 2. The average molecular weight is 246 g/mol. The molecular formula is C11H22N2O4. The summed E-state index contributed by atoms with van der Waals surface area (Å²) in [7, 11) is 0. The van der Waals surface area contributed by atoms with Crippen molar-refractivity contribution >= 4 is 12.2 Å². The van der Waals surface area contributed by atoms with Gasteiger partial charge in [0, 0.05) is 12.0 Å². The fraction of sp³-hybridized carbons (Fsp3) is 0.818. The van der Waals surface area contributed by atoms with Crippen LogP contribution in [0.15, 0.2) is 0 Å². The van der Waals surface area contributed by atoms with Crippen LogP contribution < -0.4 is 11.1 Å². The minimum absolute atomic E-state index is 0.161. The summed E-state index contributed by atoms with van der Waals surface area (Å²) < 4.78 is 9.89. The zero-order chi connectivity index (χ0) is 13.3. The molecule has 0 aromatic carbocycles. The number of nitrogens with two attached hydrogens (primary N) is 1. The second kappa shape index (κ2) is 7.76. The van der Waals surface area contributed by atoms with E-state index >= 15 is 0 Å². The van der Waals surface area contributed by atoms with Crippen molar-refractivity contribution in [3.8, 4) is 0 Å². The molecule has 0 saturated carbocycles. The average Bonchev–Trinajstić information content (AvgIpc) is 2.30. The summed E-state index contributed by atoms with van der Waals surface area (Å²) in [4.78, 5) is 21.8. The quantitative estimate of drug-likeness (QED) is 0.714. The van der Waals surface area contributed by atoms with Crippen LogP contribution >= 0.6 is 0 Å². The molecule has 3 N–H and O–H groups in total. The Morgan fingerprint density at radius 2 is 1.65 bits per heavy atom. The Bertz CT molecular complexity index is 252. The molecule has 100 valence electrons. The zero-order valence-corrected chi connectivity index (χ0v) is 10.7. The van der Waals surface area contributed by atoms with Crippen molar-refractivity contribution in [3.63, 3.8) is 0 Å². The normalized spacial score (nSPS) is 10.8. The van der Waals surface area contributed by atoms with E-state index in [1.54, 1.807) is 0 Å². The topological polar surface area (TPSA) is 90.7 Å². The molecule has 0 heterocycles. The van der Waals surface area contributed by atoms with Gasteiger partial charge >= 0.3 is 12.2 Å². The van der Waals surface area contributed by atoms with Gasteiger partial charge in [-0.2, -0.15) is 0 Å². The van der Waals surface area contributed by atoms with Crippen LogP contribution in [-0.2, 0) is 9.47 Å². The molecule has 0 aliphatic carbocycles. The fourth-order valence-corrected chi connectivity index (χ4v) is 1.34. The van der Waals surface area contributed by atoms with Crippen molar-refractivity contribution in [1.29, 1.82) is 0 Å². The lowest BCUT2D eigenvalue weighted by Gasteiger charge is -2.29. The summed E-state index contributed by atoms with van der Waals surface area (Å²) in [6.45, 7) is 6.60. The Morgan fingerprint density at radius 1 is 1.12 bits per heavy atom. The van der Waals surface area contributed by atoms with Crippen molar-refractivity contribution in [2.24, 2.45) is 11.1 Å². The zero-order valence-electron chi connectivity index (χ0n) is 10.7. The molecule has 17 heavy (non-hydrogen) atoms. The molecule has 0 fully saturated rings. The number of nitrogens with one attached hydrogen (secondary N) is 1. The van der Waals surface area contributed by atoms with E-state index in [9.17, 15) is 9.59 Å². The molecule has 0 aliphatic rings. The lowest BCUT2D eigenvalue weighted by molar-refractivity contribution is 0.0236. The van der Waals surface area contributed by atoms with Gasteiger partial charge in [-0.25, -0.2) is 9.59 Å². The predicted molar refractivity (Wildman–Crippen MR) is 63.6 cm³/mol. The van der Waals surface area contributed by atoms with Crippen molar-refractivity contribution in [2.45, 2.75) is 33.6 Å². The standard InChI is InChI=1S/C11H22N2O4/c1-4-11(5-2,7-16-9(12)14)8-17-10(15)13-6-3/h4-8H2,1-3H3,(H2,12,14)(H,13,15). The number of carbonyl (C=O) groups is 2. The largest absolute Gasteiger partial charge is 0.449 e. The predicted octanol–water partition coefficient (Wildman–Crippen LogP) is 1.63. The SMILES string of the molecule is CCNC(=O)OCC(CC)(CC)COC(N)=O. The molecule has 6 heteroatoms. The molecule has 0 aromatic heterocycles. The molecule has 2 amide bonds. The Kier molecular flexibility index (Phi) is 7.09. The van der Waals surface area contributed by atoms with Crippen molar-refractivity contribution in [1.82, 2.24) is 5.32 Å². The number of amides is 2. The van der Waals surface area contributed by atoms with E-state index < -0.39 is 12.2 Å². The Hall–Kier alpha value is -1.46. The minimum atomic E-state index is -0.811. The first kappa shape index (κ1) is 15.5. The van der Waals surface area contributed by atoms with Gasteiger partial charge in [-0.15, -0.1) is 0 Å². The van der Waals surface area contributed by atoms with Crippen LogP contribution in [0.3, 0.4) is 0 Å². The molecular weight excluding hydrogens is 224 g/mol. The van der Waals surface area contributed by atoms with Gasteiger partial charge in [0.1, 0.15) is 13.2 Å². The van der Waals surface area contributed by atoms with Crippen molar-refractivity contribution < 1.29 is 19.1 Å². The first-order valence-electron chi connectivity index (χ1n) is 5.82.